The van der Waals surface area contributed by atoms with E-state index in [0.717, 1.165) is 6.54 Å². The number of nitrogens with zero attached hydrogens (tertiary/aromatic N) is 2. The fourth-order valence-electron chi connectivity index (χ4n) is 2.58. The van der Waals surface area contributed by atoms with Crippen molar-refractivity contribution in [2.75, 3.05) is 33.7 Å². The normalized spacial score (nSPS) is 22.7. The Bertz CT molecular complexity index is 486. The lowest BCUT2D eigenvalue weighted by Crippen LogP contribution is -2.44. The van der Waals surface area contributed by atoms with Crippen molar-refractivity contribution in [3.8, 4) is 0 Å². The van der Waals surface area contributed by atoms with Gasteiger partial charge in [-0.2, -0.15) is 0 Å². The van der Waals surface area contributed by atoms with Crippen molar-refractivity contribution in [1.82, 2.24) is 15.1 Å². The van der Waals surface area contributed by atoms with E-state index in [4.69, 9.17) is 4.42 Å². The summed E-state index contributed by atoms with van der Waals surface area (Å²) in [6.07, 6.45) is 1.59. The Morgan fingerprint density at radius 1 is 1.52 bits per heavy atom. The van der Waals surface area contributed by atoms with Gasteiger partial charge >= 0.3 is 0 Å². The van der Waals surface area contributed by atoms with Crippen LogP contribution in [0.1, 0.15) is 17.0 Å². The number of nitrogens with one attached hydrogen (secondary N) is 1. The SMILES string of the molecule is CN(C)CC1CC(O)CN1CC(=O)NC(=O)c1ccco1. The third-order valence-electron chi connectivity index (χ3n) is 3.43. The van der Waals surface area contributed by atoms with E-state index in [0.29, 0.717) is 13.0 Å². The van der Waals surface area contributed by atoms with Crippen LogP contribution in [0.4, 0.5) is 0 Å². The third kappa shape index (κ3) is 4.38. The minimum absolute atomic E-state index is 0.0853. The average molecular weight is 295 g/mol. The summed E-state index contributed by atoms with van der Waals surface area (Å²) >= 11 is 0. The van der Waals surface area contributed by atoms with Gasteiger partial charge in [-0.15, -0.1) is 0 Å². The average Bonchev–Trinajstić information content (AvgIpc) is 2.99. The molecule has 2 amide bonds. The fraction of sp³-hybridized carbons (Fsp3) is 0.571. The molecule has 0 radical (unpaired) electrons. The summed E-state index contributed by atoms with van der Waals surface area (Å²) in [4.78, 5) is 27.6. The summed E-state index contributed by atoms with van der Waals surface area (Å²) < 4.78 is 4.93. The van der Waals surface area contributed by atoms with Crippen molar-refractivity contribution in [2.24, 2.45) is 0 Å². The van der Waals surface area contributed by atoms with Crippen LogP contribution in [0.5, 0.6) is 0 Å². The van der Waals surface area contributed by atoms with Crippen LogP contribution in [0.3, 0.4) is 0 Å². The lowest BCUT2D eigenvalue weighted by Gasteiger charge is -2.25. The van der Waals surface area contributed by atoms with Gasteiger partial charge in [0.25, 0.3) is 5.91 Å². The van der Waals surface area contributed by atoms with Gasteiger partial charge in [0.15, 0.2) is 5.76 Å². The number of hydrogen-bond acceptors (Lipinski definition) is 6. The standard InChI is InChI=1S/C14H21N3O4/c1-16(2)7-10-6-11(18)8-17(10)9-13(19)15-14(20)12-4-3-5-21-12/h3-5,10-11,18H,6-9H2,1-2H3,(H,15,19,20). The van der Waals surface area contributed by atoms with Gasteiger partial charge in [-0.3, -0.25) is 19.8 Å². The molecule has 1 fully saturated rings. The van der Waals surface area contributed by atoms with Crippen molar-refractivity contribution in [1.29, 1.82) is 0 Å². The van der Waals surface area contributed by atoms with Crippen LogP contribution in [-0.4, -0.2) is 72.6 Å². The van der Waals surface area contributed by atoms with E-state index in [1.807, 2.05) is 23.9 Å². The maximum absolute atomic E-state index is 11.9. The van der Waals surface area contributed by atoms with Gasteiger partial charge in [0, 0.05) is 19.1 Å². The first-order valence-corrected chi connectivity index (χ1v) is 6.90. The topological polar surface area (TPSA) is 86.0 Å². The summed E-state index contributed by atoms with van der Waals surface area (Å²) in [7, 11) is 3.90. The van der Waals surface area contributed by atoms with Gasteiger partial charge in [-0.25, -0.2) is 0 Å². The van der Waals surface area contributed by atoms with Crippen LogP contribution in [0.25, 0.3) is 0 Å². The van der Waals surface area contributed by atoms with Crippen LogP contribution in [0.2, 0.25) is 0 Å². The van der Waals surface area contributed by atoms with E-state index in [9.17, 15) is 14.7 Å². The Labute approximate surface area is 123 Å². The number of β-amino-alcohol motifs (C(OH)–C–C–N with tert-alkyl or cyclic N) is 1. The number of carbonyl (C=O) groups excluding carboxylic acids is 2. The molecule has 1 aromatic heterocycles. The van der Waals surface area contributed by atoms with Crippen molar-refractivity contribution in [3.63, 3.8) is 0 Å². The zero-order valence-corrected chi connectivity index (χ0v) is 12.3. The highest BCUT2D eigenvalue weighted by Crippen LogP contribution is 2.17. The predicted octanol–water partition coefficient (Wildman–Crippen LogP) is -0.467. The monoisotopic (exact) mass is 295 g/mol. The van der Waals surface area contributed by atoms with Crippen molar-refractivity contribution in [3.05, 3.63) is 24.2 Å². The highest BCUT2D eigenvalue weighted by Gasteiger charge is 2.32. The van der Waals surface area contributed by atoms with E-state index >= 15 is 0 Å². The predicted molar refractivity (Wildman–Crippen MR) is 75.7 cm³/mol. The van der Waals surface area contributed by atoms with Crippen LogP contribution in [-0.2, 0) is 4.79 Å². The van der Waals surface area contributed by atoms with Crippen LogP contribution in [0, 0.1) is 0 Å². The molecule has 1 saturated heterocycles. The zero-order valence-electron chi connectivity index (χ0n) is 12.3. The van der Waals surface area contributed by atoms with Crippen molar-refractivity contribution in [2.45, 2.75) is 18.6 Å². The molecule has 7 nitrogen and oxygen atoms in total. The number of carbonyl (C=O) groups is 2. The molecule has 0 aliphatic carbocycles. The van der Waals surface area contributed by atoms with Gasteiger partial charge in [0.05, 0.1) is 18.9 Å². The molecular weight excluding hydrogens is 274 g/mol. The second-order valence-electron chi connectivity index (χ2n) is 5.59. The second-order valence-corrected chi connectivity index (χ2v) is 5.59. The minimum atomic E-state index is -0.547. The fourth-order valence-corrected chi connectivity index (χ4v) is 2.58. The smallest absolute Gasteiger partial charge is 0.293 e. The molecule has 1 aromatic rings. The molecule has 2 atom stereocenters. The van der Waals surface area contributed by atoms with Gasteiger partial charge in [0.1, 0.15) is 0 Å². The number of rotatable bonds is 5. The van der Waals surface area contributed by atoms with Crippen LogP contribution in [0.15, 0.2) is 22.8 Å². The molecule has 2 N–H and O–H groups in total. The number of hydrogen-bond donors (Lipinski definition) is 2. The summed E-state index contributed by atoms with van der Waals surface area (Å²) in [5, 5.41) is 12.0. The van der Waals surface area contributed by atoms with Gasteiger partial charge in [-0.05, 0) is 32.6 Å². The molecule has 0 bridgehead atoms. The van der Waals surface area contributed by atoms with Gasteiger partial charge in [-0.1, -0.05) is 0 Å². The highest BCUT2D eigenvalue weighted by molar-refractivity contribution is 6.03. The summed E-state index contributed by atoms with van der Waals surface area (Å²) in [6, 6.07) is 3.19. The molecule has 1 aliphatic rings. The van der Waals surface area contributed by atoms with E-state index in [1.54, 1.807) is 6.07 Å². The van der Waals surface area contributed by atoms with Gasteiger partial charge < -0.3 is 14.4 Å². The number of furan rings is 1. The quantitative estimate of drug-likeness (QED) is 0.764. The zero-order chi connectivity index (χ0) is 15.4. The Morgan fingerprint density at radius 3 is 2.90 bits per heavy atom. The number of imide groups is 1. The second kappa shape index (κ2) is 6.84. The first-order chi connectivity index (χ1) is 9.95. The molecule has 2 unspecified atom stereocenters. The van der Waals surface area contributed by atoms with E-state index in [2.05, 4.69) is 5.32 Å². The number of likely N-dealkylation sites (N-methyl/N-ethyl adjacent to an activating group) is 1. The molecule has 1 aliphatic heterocycles. The third-order valence-corrected chi connectivity index (χ3v) is 3.43. The molecule has 0 aromatic carbocycles. The van der Waals surface area contributed by atoms with E-state index < -0.39 is 17.9 Å². The molecule has 0 saturated carbocycles. The first kappa shape index (κ1) is 15.7. The lowest BCUT2D eigenvalue weighted by molar-refractivity contribution is -0.121. The number of aliphatic hydroxyl groups is 1. The largest absolute Gasteiger partial charge is 0.459 e. The highest BCUT2D eigenvalue weighted by atomic mass is 16.3. The molecule has 116 valence electrons. The molecule has 0 spiro atoms. The number of amides is 2. The summed E-state index contributed by atoms with van der Waals surface area (Å²) in [6.45, 7) is 1.29. The molecule has 21 heavy (non-hydrogen) atoms. The lowest BCUT2D eigenvalue weighted by atomic mass is 10.2. The van der Waals surface area contributed by atoms with Crippen LogP contribution >= 0.6 is 0 Å². The minimum Gasteiger partial charge on any atom is -0.459 e. The van der Waals surface area contributed by atoms with Crippen molar-refractivity contribution >= 4 is 11.8 Å². The van der Waals surface area contributed by atoms with E-state index in [-0.39, 0.29) is 18.3 Å². The van der Waals surface area contributed by atoms with Crippen LogP contribution < -0.4 is 5.32 Å². The molecular formula is C14H21N3O4. The van der Waals surface area contributed by atoms with Crippen molar-refractivity contribution < 1.29 is 19.1 Å². The van der Waals surface area contributed by atoms with Gasteiger partial charge in [0.2, 0.25) is 5.91 Å². The molecule has 7 heteroatoms. The Balaban J connectivity index is 1.87. The number of likely N-dealkylation sites (tertiary alicyclic amines) is 1. The summed E-state index contributed by atoms with van der Waals surface area (Å²) in [5.41, 5.74) is 0. The molecule has 2 heterocycles. The maximum Gasteiger partial charge on any atom is 0.293 e. The Kier molecular flexibility index (Phi) is 5.11. The van der Waals surface area contributed by atoms with E-state index in [1.165, 1.54) is 12.3 Å². The maximum atomic E-state index is 11.9. The Hall–Kier alpha value is -1.70. The molecule has 2 rings (SSSR count). The number of aliphatic hydroxyl groups excluding tert-OH is 1. The first-order valence-electron chi connectivity index (χ1n) is 6.90. The summed E-state index contributed by atoms with van der Waals surface area (Å²) in [5.74, 6) is -0.835. The Morgan fingerprint density at radius 2 is 2.29 bits per heavy atom.